The van der Waals surface area contributed by atoms with Crippen LogP contribution in [0.15, 0.2) is 76.8 Å². The van der Waals surface area contributed by atoms with Crippen LogP contribution in [0.2, 0.25) is 0 Å². The highest BCUT2D eigenvalue weighted by Crippen LogP contribution is 2.30. The van der Waals surface area contributed by atoms with E-state index in [-0.39, 0.29) is 29.6 Å². The van der Waals surface area contributed by atoms with E-state index in [4.69, 9.17) is 4.98 Å². The molecule has 34 heavy (non-hydrogen) atoms. The average Bonchev–Trinajstić information content (AvgIpc) is 3.20. The van der Waals surface area contributed by atoms with Crippen LogP contribution in [-0.2, 0) is 11.3 Å². The summed E-state index contributed by atoms with van der Waals surface area (Å²) >= 11 is 2.49. The van der Waals surface area contributed by atoms with Crippen molar-refractivity contribution in [3.05, 3.63) is 94.2 Å². The van der Waals surface area contributed by atoms with Crippen LogP contribution in [0, 0.1) is 12.7 Å². The Morgan fingerprint density at radius 1 is 1.15 bits per heavy atom. The van der Waals surface area contributed by atoms with Gasteiger partial charge in [-0.25, -0.2) is 14.4 Å². The van der Waals surface area contributed by atoms with Crippen molar-refractivity contribution < 1.29 is 9.18 Å². The molecule has 5 rings (SSSR count). The first-order valence-corrected chi connectivity index (χ1v) is 12.3. The first-order chi connectivity index (χ1) is 16.5. The number of aromatic nitrogens is 3. The summed E-state index contributed by atoms with van der Waals surface area (Å²) in [4.78, 5) is 36.0. The minimum absolute atomic E-state index is 0.0790. The monoisotopic (exact) mass is 490 g/mol. The number of benzene rings is 2. The molecule has 0 aliphatic rings. The van der Waals surface area contributed by atoms with E-state index in [0.29, 0.717) is 21.1 Å². The van der Waals surface area contributed by atoms with E-state index in [1.165, 1.54) is 39.8 Å². The number of nitrogens with zero attached hydrogens (tertiary/aromatic N) is 3. The fourth-order valence-electron chi connectivity index (χ4n) is 3.61. The summed E-state index contributed by atoms with van der Waals surface area (Å²) in [5.41, 5.74) is 2.89. The third-order valence-corrected chi connectivity index (χ3v) is 7.27. The number of thiophene rings is 1. The maximum absolute atomic E-state index is 13.5. The molecule has 9 heteroatoms. The summed E-state index contributed by atoms with van der Waals surface area (Å²) in [6, 6.07) is 17.2. The van der Waals surface area contributed by atoms with Gasteiger partial charge in [-0.2, -0.15) is 0 Å². The number of halogens is 1. The third kappa shape index (κ3) is 4.57. The maximum atomic E-state index is 13.5. The van der Waals surface area contributed by atoms with Gasteiger partial charge in [0.15, 0.2) is 5.16 Å². The quantitative estimate of drug-likeness (QED) is 0.260. The predicted octanol–water partition coefficient (Wildman–Crippen LogP) is 5.23. The van der Waals surface area contributed by atoms with Crippen molar-refractivity contribution in [1.82, 2.24) is 14.5 Å². The molecule has 3 aromatic heterocycles. The number of hydrogen-bond acceptors (Lipinski definition) is 6. The third-order valence-electron chi connectivity index (χ3n) is 5.21. The Bertz CT molecular complexity index is 1580. The zero-order valence-electron chi connectivity index (χ0n) is 18.1. The molecule has 2 aromatic carbocycles. The van der Waals surface area contributed by atoms with Crippen LogP contribution in [0.4, 0.5) is 10.1 Å². The predicted molar refractivity (Wildman–Crippen MR) is 135 cm³/mol. The molecule has 0 fully saturated rings. The molecule has 3 heterocycles. The Hall–Kier alpha value is -3.56. The highest BCUT2D eigenvalue weighted by Gasteiger charge is 2.18. The van der Waals surface area contributed by atoms with Gasteiger partial charge >= 0.3 is 0 Å². The summed E-state index contributed by atoms with van der Waals surface area (Å²) in [6.07, 6.45) is 1.68. The number of thioether (sulfide) groups is 1. The molecule has 0 aliphatic heterocycles. The minimum atomic E-state index is -0.345. The lowest BCUT2D eigenvalue weighted by atomic mass is 10.2. The second-order valence-electron chi connectivity index (χ2n) is 7.75. The van der Waals surface area contributed by atoms with Gasteiger partial charge in [0.2, 0.25) is 5.91 Å². The van der Waals surface area contributed by atoms with Crippen LogP contribution < -0.4 is 10.9 Å². The number of fused-ring (bicyclic) bond motifs is 3. The van der Waals surface area contributed by atoms with E-state index in [0.717, 1.165) is 21.3 Å². The fourth-order valence-corrected chi connectivity index (χ4v) is 5.44. The lowest BCUT2D eigenvalue weighted by Crippen LogP contribution is -2.24. The number of pyridine rings is 1. The lowest BCUT2D eigenvalue weighted by Gasteiger charge is -2.12. The number of aryl methyl sites for hydroxylation is 1. The molecule has 0 saturated carbocycles. The van der Waals surface area contributed by atoms with Gasteiger partial charge in [0.05, 0.1) is 17.8 Å². The number of rotatable bonds is 6. The molecule has 1 N–H and O–H groups in total. The Morgan fingerprint density at radius 3 is 2.76 bits per heavy atom. The van der Waals surface area contributed by atoms with Gasteiger partial charge in [0.25, 0.3) is 5.56 Å². The van der Waals surface area contributed by atoms with Gasteiger partial charge in [-0.05, 0) is 54.4 Å². The van der Waals surface area contributed by atoms with Gasteiger partial charge in [-0.15, -0.1) is 11.3 Å². The van der Waals surface area contributed by atoms with Crippen LogP contribution in [0.5, 0.6) is 0 Å². The molecule has 0 aliphatic carbocycles. The Labute approximate surface area is 202 Å². The van der Waals surface area contributed by atoms with Crippen molar-refractivity contribution in [2.75, 3.05) is 11.1 Å². The zero-order chi connectivity index (χ0) is 23.7. The van der Waals surface area contributed by atoms with Crippen LogP contribution in [0.25, 0.3) is 20.4 Å². The van der Waals surface area contributed by atoms with E-state index < -0.39 is 0 Å². The van der Waals surface area contributed by atoms with Gasteiger partial charge in [0.1, 0.15) is 15.3 Å². The van der Waals surface area contributed by atoms with Crippen molar-refractivity contribution in [2.45, 2.75) is 18.6 Å². The number of carbonyl (C=O) groups excluding carboxylic acids is 1. The van der Waals surface area contributed by atoms with Gasteiger partial charge < -0.3 is 5.32 Å². The first-order valence-electron chi connectivity index (χ1n) is 10.5. The van der Waals surface area contributed by atoms with Crippen molar-refractivity contribution in [3.63, 3.8) is 0 Å². The molecule has 0 saturated heterocycles. The van der Waals surface area contributed by atoms with Gasteiger partial charge in [-0.3, -0.25) is 14.2 Å². The molecule has 0 spiro atoms. The van der Waals surface area contributed by atoms with Crippen LogP contribution in [0.1, 0.15) is 11.1 Å². The first kappa shape index (κ1) is 22.2. The molecule has 5 aromatic rings. The van der Waals surface area contributed by atoms with Gasteiger partial charge in [0, 0.05) is 17.3 Å². The van der Waals surface area contributed by atoms with E-state index in [9.17, 15) is 14.0 Å². The normalized spacial score (nSPS) is 11.2. The minimum Gasteiger partial charge on any atom is -0.325 e. The summed E-state index contributed by atoms with van der Waals surface area (Å²) in [6.45, 7) is 2.17. The van der Waals surface area contributed by atoms with Crippen LogP contribution >= 0.6 is 23.1 Å². The SMILES string of the molecule is Cc1cccc(NC(=O)CSc2nc3c(sc4ncccc43)c(=O)n2Cc2ccc(F)cc2)c1. The molecule has 0 unspecified atom stereocenters. The van der Waals surface area contributed by atoms with Crippen molar-refractivity contribution >= 4 is 55.1 Å². The van der Waals surface area contributed by atoms with E-state index in [1.54, 1.807) is 18.3 Å². The number of anilines is 1. The highest BCUT2D eigenvalue weighted by molar-refractivity contribution is 7.99. The summed E-state index contributed by atoms with van der Waals surface area (Å²) in [7, 11) is 0. The van der Waals surface area contributed by atoms with Crippen molar-refractivity contribution in [1.29, 1.82) is 0 Å². The second-order valence-corrected chi connectivity index (χ2v) is 9.70. The smallest absolute Gasteiger partial charge is 0.272 e. The van der Waals surface area contributed by atoms with E-state index in [1.807, 2.05) is 43.3 Å². The zero-order valence-corrected chi connectivity index (χ0v) is 19.8. The number of carbonyl (C=O) groups is 1. The Morgan fingerprint density at radius 2 is 1.97 bits per heavy atom. The van der Waals surface area contributed by atoms with Crippen LogP contribution in [-0.4, -0.2) is 26.2 Å². The molecule has 0 atom stereocenters. The summed E-state index contributed by atoms with van der Waals surface area (Å²) in [5.74, 6) is -0.465. The number of hydrogen-bond donors (Lipinski definition) is 1. The number of amides is 1. The fraction of sp³-hybridized carbons (Fsp3) is 0.120. The molecule has 0 bridgehead atoms. The van der Waals surface area contributed by atoms with E-state index in [2.05, 4.69) is 10.3 Å². The topological polar surface area (TPSA) is 76.9 Å². The van der Waals surface area contributed by atoms with Crippen LogP contribution in [0.3, 0.4) is 0 Å². The molecule has 1 amide bonds. The average molecular weight is 491 g/mol. The molecular formula is C25H19FN4O2S2. The standard InChI is InChI=1S/C25H19FN4O2S2/c1-15-4-2-5-18(12-15)28-20(31)14-33-25-29-21-19-6-3-11-27-23(19)34-22(21)24(32)30(25)13-16-7-9-17(26)10-8-16/h2-12H,13-14H2,1H3,(H,28,31). The molecule has 6 nitrogen and oxygen atoms in total. The molecule has 170 valence electrons. The van der Waals surface area contributed by atoms with Crippen molar-refractivity contribution in [3.8, 4) is 0 Å². The van der Waals surface area contributed by atoms with Gasteiger partial charge in [-0.1, -0.05) is 36.0 Å². The van der Waals surface area contributed by atoms with E-state index >= 15 is 0 Å². The number of nitrogens with one attached hydrogen (secondary N) is 1. The van der Waals surface area contributed by atoms with Crippen molar-refractivity contribution in [2.24, 2.45) is 0 Å². The summed E-state index contributed by atoms with van der Waals surface area (Å²) < 4.78 is 15.4. The Kier molecular flexibility index (Phi) is 6.12. The summed E-state index contributed by atoms with van der Waals surface area (Å²) in [5, 5.41) is 4.11. The molecular weight excluding hydrogens is 471 g/mol. The highest BCUT2D eigenvalue weighted by atomic mass is 32.2. The molecule has 0 radical (unpaired) electrons. The Balaban J connectivity index is 1.51. The lowest BCUT2D eigenvalue weighted by molar-refractivity contribution is -0.113. The second kappa shape index (κ2) is 9.36. The maximum Gasteiger partial charge on any atom is 0.272 e. The largest absolute Gasteiger partial charge is 0.325 e.